The van der Waals surface area contributed by atoms with Gasteiger partial charge in [-0.25, -0.2) is 4.98 Å². The number of amides is 1. The number of anilines is 1. The third-order valence-corrected chi connectivity index (χ3v) is 4.90. The Bertz CT molecular complexity index is 549. The van der Waals surface area contributed by atoms with Gasteiger partial charge < -0.3 is 10.2 Å². The van der Waals surface area contributed by atoms with Crippen LogP contribution < -0.4 is 5.32 Å². The number of rotatable bonds is 6. The van der Waals surface area contributed by atoms with Gasteiger partial charge in [-0.15, -0.1) is 0 Å². The number of halogens is 1. The van der Waals surface area contributed by atoms with Gasteiger partial charge in [0.25, 0.3) is 0 Å². The average Bonchev–Trinajstić information content (AvgIpc) is 2.83. The molecule has 1 aromatic rings. The molecule has 0 saturated carbocycles. The van der Waals surface area contributed by atoms with E-state index in [0.717, 1.165) is 29.7 Å². The Labute approximate surface area is 147 Å². The van der Waals surface area contributed by atoms with Crippen molar-refractivity contribution in [2.24, 2.45) is 5.92 Å². The van der Waals surface area contributed by atoms with Crippen molar-refractivity contribution in [2.45, 2.75) is 32.2 Å². The first-order valence-electron chi connectivity index (χ1n) is 8.15. The number of aryl methyl sites for hydroxylation is 1. The Morgan fingerprint density at radius 2 is 2.22 bits per heavy atom. The van der Waals surface area contributed by atoms with E-state index in [1.165, 1.54) is 12.8 Å². The van der Waals surface area contributed by atoms with Gasteiger partial charge in [0, 0.05) is 6.54 Å². The van der Waals surface area contributed by atoms with E-state index in [0.29, 0.717) is 11.7 Å². The number of hydrogen-bond donors (Lipinski definition) is 1. The van der Waals surface area contributed by atoms with Crippen molar-refractivity contribution in [3.05, 3.63) is 22.3 Å². The topological polar surface area (TPSA) is 48.5 Å². The van der Waals surface area contributed by atoms with Crippen LogP contribution in [0.4, 0.5) is 5.82 Å². The van der Waals surface area contributed by atoms with Gasteiger partial charge in [-0.1, -0.05) is 6.07 Å². The molecular weight excluding hydrogens is 356 g/mol. The first-order chi connectivity index (χ1) is 10.9. The number of carbonyl (C=O) groups is 1. The second-order valence-electron chi connectivity index (χ2n) is 6.79. The molecule has 128 valence electrons. The summed E-state index contributed by atoms with van der Waals surface area (Å²) in [7, 11) is 6.24. The molecule has 0 bridgehead atoms. The minimum atomic E-state index is -0.0560. The molecule has 1 N–H and O–H groups in total. The fourth-order valence-electron chi connectivity index (χ4n) is 3.15. The van der Waals surface area contributed by atoms with Crippen LogP contribution >= 0.6 is 15.9 Å². The number of pyridine rings is 1. The van der Waals surface area contributed by atoms with Gasteiger partial charge in [0.2, 0.25) is 5.91 Å². The van der Waals surface area contributed by atoms with Gasteiger partial charge in [0.05, 0.1) is 6.04 Å². The summed E-state index contributed by atoms with van der Waals surface area (Å²) in [5.41, 5.74) is 0.977. The van der Waals surface area contributed by atoms with Crippen molar-refractivity contribution in [3.63, 3.8) is 0 Å². The maximum atomic E-state index is 12.6. The molecule has 2 rings (SSSR count). The number of carbonyl (C=O) groups excluding carboxylic acids is 1. The van der Waals surface area contributed by atoms with Crippen LogP contribution in [0.2, 0.25) is 0 Å². The van der Waals surface area contributed by atoms with Crippen molar-refractivity contribution in [1.29, 1.82) is 0 Å². The minimum Gasteiger partial charge on any atom is -0.309 e. The van der Waals surface area contributed by atoms with Gasteiger partial charge in [0.15, 0.2) is 0 Å². The molecule has 2 heterocycles. The van der Waals surface area contributed by atoms with Crippen molar-refractivity contribution < 1.29 is 4.79 Å². The number of hydrogen-bond acceptors (Lipinski definition) is 4. The first-order valence-corrected chi connectivity index (χ1v) is 8.95. The van der Waals surface area contributed by atoms with E-state index in [1.807, 2.05) is 26.1 Å². The van der Waals surface area contributed by atoms with E-state index < -0.39 is 0 Å². The van der Waals surface area contributed by atoms with Gasteiger partial charge >= 0.3 is 0 Å². The lowest BCUT2D eigenvalue weighted by Crippen LogP contribution is -2.37. The lowest BCUT2D eigenvalue weighted by atomic mass is 9.99. The molecule has 1 aliphatic rings. The van der Waals surface area contributed by atoms with Crippen LogP contribution in [0.5, 0.6) is 0 Å². The van der Waals surface area contributed by atoms with Crippen LogP contribution in [-0.4, -0.2) is 61.0 Å². The third-order valence-electron chi connectivity index (χ3n) is 4.46. The number of nitrogens with one attached hydrogen (secondary N) is 1. The second-order valence-corrected chi connectivity index (χ2v) is 7.60. The molecule has 6 heteroatoms. The lowest BCUT2D eigenvalue weighted by Gasteiger charge is -2.18. The Kier molecular flexibility index (Phi) is 6.56. The predicted molar refractivity (Wildman–Crippen MR) is 97.6 cm³/mol. The van der Waals surface area contributed by atoms with Gasteiger partial charge in [-0.05, 0) is 87.4 Å². The number of likely N-dealkylation sites (tertiary alicyclic amines) is 1. The summed E-state index contributed by atoms with van der Waals surface area (Å²) < 4.78 is 0.736. The zero-order chi connectivity index (χ0) is 17.0. The lowest BCUT2D eigenvalue weighted by molar-refractivity contribution is -0.120. The summed E-state index contributed by atoms with van der Waals surface area (Å²) in [5, 5.41) is 2.99. The monoisotopic (exact) mass is 382 g/mol. The average molecular weight is 383 g/mol. The largest absolute Gasteiger partial charge is 0.309 e. The Hall–Kier alpha value is -0.980. The van der Waals surface area contributed by atoms with Crippen LogP contribution in [0.25, 0.3) is 0 Å². The Morgan fingerprint density at radius 3 is 2.91 bits per heavy atom. The van der Waals surface area contributed by atoms with Crippen molar-refractivity contribution >= 4 is 27.7 Å². The van der Waals surface area contributed by atoms with Crippen LogP contribution in [0.3, 0.4) is 0 Å². The SMILES string of the molecule is Cc1ccc(Br)nc1NC(=O)C1CC(CCCN(C)C)CN1C. The smallest absolute Gasteiger partial charge is 0.242 e. The number of likely N-dealkylation sites (N-methyl/N-ethyl adjacent to an activating group) is 1. The van der Waals surface area contributed by atoms with Crippen LogP contribution in [0, 0.1) is 12.8 Å². The van der Waals surface area contributed by atoms with Gasteiger partial charge in [-0.3, -0.25) is 9.69 Å². The zero-order valence-corrected chi connectivity index (χ0v) is 16.1. The second kappa shape index (κ2) is 8.22. The van der Waals surface area contributed by atoms with Gasteiger partial charge in [0.1, 0.15) is 10.4 Å². The summed E-state index contributed by atoms with van der Waals surface area (Å²) in [6.07, 6.45) is 3.30. The highest BCUT2D eigenvalue weighted by molar-refractivity contribution is 9.10. The molecule has 1 saturated heterocycles. The number of nitrogens with zero attached hydrogens (tertiary/aromatic N) is 3. The maximum Gasteiger partial charge on any atom is 0.242 e. The minimum absolute atomic E-state index is 0.0521. The number of aromatic nitrogens is 1. The molecule has 0 radical (unpaired) electrons. The molecule has 1 aromatic heterocycles. The summed E-state index contributed by atoms with van der Waals surface area (Å²) in [6.45, 7) is 4.06. The van der Waals surface area contributed by atoms with Crippen molar-refractivity contribution in [2.75, 3.05) is 39.5 Å². The van der Waals surface area contributed by atoms with Crippen molar-refractivity contribution in [1.82, 2.24) is 14.8 Å². The van der Waals surface area contributed by atoms with E-state index >= 15 is 0 Å². The van der Waals surface area contributed by atoms with E-state index in [2.05, 4.69) is 50.1 Å². The molecule has 23 heavy (non-hydrogen) atoms. The van der Waals surface area contributed by atoms with E-state index in [4.69, 9.17) is 0 Å². The quantitative estimate of drug-likeness (QED) is 0.768. The van der Waals surface area contributed by atoms with Crippen LogP contribution in [-0.2, 0) is 4.79 Å². The molecule has 5 nitrogen and oxygen atoms in total. The van der Waals surface area contributed by atoms with Crippen molar-refractivity contribution in [3.8, 4) is 0 Å². The first kappa shape index (κ1) is 18.4. The molecule has 1 fully saturated rings. The fourth-order valence-corrected chi connectivity index (χ4v) is 3.46. The highest BCUT2D eigenvalue weighted by atomic mass is 79.9. The summed E-state index contributed by atoms with van der Waals surface area (Å²) in [4.78, 5) is 21.3. The third kappa shape index (κ3) is 5.26. The molecule has 0 aliphatic carbocycles. The van der Waals surface area contributed by atoms with Gasteiger partial charge in [-0.2, -0.15) is 0 Å². The predicted octanol–water partition coefficient (Wildman–Crippen LogP) is 2.75. The zero-order valence-electron chi connectivity index (χ0n) is 14.5. The highest BCUT2D eigenvalue weighted by Gasteiger charge is 2.34. The molecule has 0 spiro atoms. The molecule has 2 atom stereocenters. The summed E-state index contributed by atoms with van der Waals surface area (Å²) in [5.74, 6) is 1.30. The fraction of sp³-hybridized carbons (Fsp3) is 0.647. The normalized spacial score (nSPS) is 21.8. The van der Waals surface area contributed by atoms with Crippen LogP contribution in [0.1, 0.15) is 24.8 Å². The molecular formula is C17H27BrN4O. The summed E-state index contributed by atoms with van der Waals surface area (Å²) in [6, 6.07) is 3.78. The van der Waals surface area contributed by atoms with E-state index in [1.54, 1.807) is 0 Å². The molecule has 1 amide bonds. The Morgan fingerprint density at radius 1 is 1.48 bits per heavy atom. The Balaban J connectivity index is 1.90. The van der Waals surface area contributed by atoms with Crippen LogP contribution in [0.15, 0.2) is 16.7 Å². The molecule has 2 unspecified atom stereocenters. The maximum absolute atomic E-state index is 12.6. The summed E-state index contributed by atoms with van der Waals surface area (Å²) >= 11 is 3.35. The molecule has 0 aromatic carbocycles. The highest BCUT2D eigenvalue weighted by Crippen LogP contribution is 2.27. The molecule has 1 aliphatic heterocycles. The van der Waals surface area contributed by atoms with E-state index in [9.17, 15) is 4.79 Å². The standard InChI is InChI=1S/C17H27BrN4O/c1-12-7-8-15(18)19-16(12)20-17(23)14-10-13(11-22(14)4)6-5-9-21(2)3/h7-8,13-14H,5-6,9-11H2,1-4H3,(H,19,20,23). The van der Waals surface area contributed by atoms with E-state index in [-0.39, 0.29) is 11.9 Å².